The molecule has 0 aromatic heterocycles. The van der Waals surface area contributed by atoms with E-state index in [0.29, 0.717) is 0 Å². The first-order chi connectivity index (χ1) is 9.22. The van der Waals surface area contributed by atoms with E-state index in [1.54, 1.807) is 0 Å². The highest BCUT2D eigenvalue weighted by Gasteiger charge is 2.38. The lowest BCUT2D eigenvalue weighted by Crippen LogP contribution is -2.46. The van der Waals surface area contributed by atoms with Gasteiger partial charge in [0.05, 0.1) is 0 Å². The Bertz CT molecular complexity index is 405. The number of carbonyl (C=O) groups excluding carboxylic acids is 1. The number of amides is 1. The summed E-state index contributed by atoms with van der Waals surface area (Å²) < 4.78 is 0. The third-order valence-corrected chi connectivity index (χ3v) is 4.65. The summed E-state index contributed by atoms with van der Waals surface area (Å²) in [5, 5.41) is 3.19. The SMILES string of the molecule is CCC(CC)C(=O)NCC1(c2ccccc2)CCC1. The molecule has 1 aromatic carbocycles. The second-order valence-corrected chi connectivity index (χ2v) is 5.73. The van der Waals surface area contributed by atoms with Crippen LogP contribution in [0.1, 0.15) is 51.5 Å². The molecule has 104 valence electrons. The maximum Gasteiger partial charge on any atom is 0.223 e. The summed E-state index contributed by atoms with van der Waals surface area (Å²) in [7, 11) is 0. The molecule has 2 nitrogen and oxygen atoms in total. The first kappa shape index (κ1) is 14.1. The van der Waals surface area contributed by atoms with Crippen LogP contribution in [-0.4, -0.2) is 12.5 Å². The molecule has 1 saturated carbocycles. The molecule has 0 unspecified atom stereocenters. The van der Waals surface area contributed by atoms with Crippen molar-refractivity contribution >= 4 is 5.91 Å². The van der Waals surface area contributed by atoms with Crippen molar-refractivity contribution in [2.24, 2.45) is 5.92 Å². The molecule has 2 heteroatoms. The molecule has 0 aliphatic heterocycles. The minimum atomic E-state index is 0.174. The van der Waals surface area contributed by atoms with Crippen molar-refractivity contribution in [1.82, 2.24) is 5.32 Å². The molecule has 0 bridgehead atoms. The Hall–Kier alpha value is -1.31. The van der Waals surface area contributed by atoms with E-state index in [1.807, 2.05) is 0 Å². The van der Waals surface area contributed by atoms with Crippen LogP contribution in [-0.2, 0) is 10.2 Å². The maximum absolute atomic E-state index is 12.1. The second kappa shape index (κ2) is 6.23. The second-order valence-electron chi connectivity index (χ2n) is 5.73. The predicted molar refractivity (Wildman–Crippen MR) is 79.1 cm³/mol. The molecule has 0 spiro atoms. The monoisotopic (exact) mass is 259 g/mol. The minimum Gasteiger partial charge on any atom is -0.355 e. The van der Waals surface area contributed by atoms with Gasteiger partial charge in [0, 0.05) is 17.9 Å². The van der Waals surface area contributed by atoms with Gasteiger partial charge in [-0.05, 0) is 31.2 Å². The fraction of sp³-hybridized carbons (Fsp3) is 0.588. The molecular formula is C17H25NO. The van der Waals surface area contributed by atoms with Crippen LogP contribution in [0.3, 0.4) is 0 Å². The molecule has 0 heterocycles. The predicted octanol–water partition coefficient (Wildman–Crippen LogP) is 3.66. The van der Waals surface area contributed by atoms with Crippen molar-refractivity contribution in [2.75, 3.05) is 6.54 Å². The Morgan fingerprint density at radius 1 is 1.21 bits per heavy atom. The Morgan fingerprint density at radius 3 is 2.32 bits per heavy atom. The topological polar surface area (TPSA) is 29.1 Å². The summed E-state index contributed by atoms with van der Waals surface area (Å²) in [5.74, 6) is 0.403. The van der Waals surface area contributed by atoms with Crippen molar-refractivity contribution in [1.29, 1.82) is 0 Å². The summed E-state index contributed by atoms with van der Waals surface area (Å²) in [4.78, 5) is 12.1. The molecule has 1 aliphatic rings. The highest BCUT2D eigenvalue weighted by atomic mass is 16.1. The highest BCUT2D eigenvalue weighted by molar-refractivity contribution is 5.78. The zero-order valence-corrected chi connectivity index (χ0v) is 12.1. The van der Waals surface area contributed by atoms with Crippen LogP contribution in [0.4, 0.5) is 0 Å². The molecule has 19 heavy (non-hydrogen) atoms. The van der Waals surface area contributed by atoms with E-state index < -0.39 is 0 Å². The van der Waals surface area contributed by atoms with Gasteiger partial charge in [-0.2, -0.15) is 0 Å². The number of nitrogens with one attached hydrogen (secondary N) is 1. The van der Waals surface area contributed by atoms with Gasteiger partial charge in [-0.25, -0.2) is 0 Å². The lowest BCUT2D eigenvalue weighted by molar-refractivity contribution is -0.125. The molecule has 1 fully saturated rings. The third kappa shape index (κ3) is 2.99. The molecule has 1 amide bonds. The Labute approximate surface area is 116 Å². The molecular weight excluding hydrogens is 234 g/mol. The Balaban J connectivity index is 1.99. The van der Waals surface area contributed by atoms with Crippen molar-refractivity contribution in [3.05, 3.63) is 35.9 Å². The molecule has 1 aromatic rings. The molecule has 2 rings (SSSR count). The van der Waals surface area contributed by atoms with E-state index in [1.165, 1.54) is 24.8 Å². The van der Waals surface area contributed by atoms with Gasteiger partial charge in [0.1, 0.15) is 0 Å². The van der Waals surface area contributed by atoms with Gasteiger partial charge >= 0.3 is 0 Å². The van der Waals surface area contributed by atoms with Crippen molar-refractivity contribution in [3.8, 4) is 0 Å². The fourth-order valence-electron chi connectivity index (χ4n) is 3.02. The molecule has 0 atom stereocenters. The van der Waals surface area contributed by atoms with Gasteiger partial charge in [0.25, 0.3) is 0 Å². The fourth-order valence-corrected chi connectivity index (χ4v) is 3.02. The average Bonchev–Trinajstić information content (AvgIpc) is 2.40. The quantitative estimate of drug-likeness (QED) is 0.830. The number of benzene rings is 1. The average molecular weight is 259 g/mol. The van der Waals surface area contributed by atoms with Crippen LogP contribution in [0.25, 0.3) is 0 Å². The van der Waals surface area contributed by atoms with Crippen LogP contribution < -0.4 is 5.32 Å². The first-order valence-corrected chi connectivity index (χ1v) is 7.55. The molecule has 1 aliphatic carbocycles. The smallest absolute Gasteiger partial charge is 0.223 e. The van der Waals surface area contributed by atoms with E-state index in [0.717, 1.165) is 19.4 Å². The van der Waals surface area contributed by atoms with Gasteiger partial charge in [-0.15, -0.1) is 0 Å². The standard InChI is InChI=1S/C17H25NO/c1-3-14(4-2)16(19)18-13-17(11-8-12-17)15-9-6-5-7-10-15/h5-7,9-10,14H,3-4,8,11-13H2,1-2H3,(H,18,19). The van der Waals surface area contributed by atoms with Crippen molar-refractivity contribution in [2.45, 2.75) is 51.4 Å². The Morgan fingerprint density at radius 2 is 1.84 bits per heavy atom. The number of carbonyl (C=O) groups is 1. The molecule has 0 radical (unpaired) electrons. The van der Waals surface area contributed by atoms with E-state index in [4.69, 9.17) is 0 Å². The lowest BCUT2D eigenvalue weighted by Gasteiger charge is -2.42. The van der Waals surface area contributed by atoms with Gasteiger partial charge in [0.15, 0.2) is 0 Å². The highest BCUT2D eigenvalue weighted by Crippen LogP contribution is 2.43. The number of hydrogen-bond donors (Lipinski definition) is 1. The van der Waals surface area contributed by atoms with E-state index in [-0.39, 0.29) is 17.2 Å². The summed E-state index contributed by atoms with van der Waals surface area (Å²) in [5.41, 5.74) is 1.58. The summed E-state index contributed by atoms with van der Waals surface area (Å²) in [6, 6.07) is 10.6. The van der Waals surface area contributed by atoms with Gasteiger partial charge in [0.2, 0.25) is 5.91 Å². The van der Waals surface area contributed by atoms with Crippen molar-refractivity contribution in [3.63, 3.8) is 0 Å². The normalized spacial score (nSPS) is 17.0. The zero-order valence-electron chi connectivity index (χ0n) is 12.1. The third-order valence-electron chi connectivity index (χ3n) is 4.65. The zero-order chi connectivity index (χ0) is 13.7. The van der Waals surface area contributed by atoms with Gasteiger partial charge < -0.3 is 5.32 Å². The summed E-state index contributed by atoms with van der Waals surface area (Å²) in [6.45, 7) is 4.97. The van der Waals surface area contributed by atoms with Crippen LogP contribution in [0.5, 0.6) is 0 Å². The lowest BCUT2D eigenvalue weighted by atomic mass is 9.64. The van der Waals surface area contributed by atoms with E-state index >= 15 is 0 Å². The van der Waals surface area contributed by atoms with Crippen LogP contribution >= 0.6 is 0 Å². The van der Waals surface area contributed by atoms with Crippen LogP contribution in [0, 0.1) is 5.92 Å². The minimum absolute atomic E-state index is 0.174. The van der Waals surface area contributed by atoms with Crippen LogP contribution in [0.2, 0.25) is 0 Å². The number of rotatable bonds is 6. The molecule has 1 N–H and O–H groups in total. The summed E-state index contributed by atoms with van der Waals surface area (Å²) >= 11 is 0. The molecule has 0 saturated heterocycles. The van der Waals surface area contributed by atoms with Gasteiger partial charge in [-0.1, -0.05) is 50.6 Å². The largest absolute Gasteiger partial charge is 0.355 e. The van der Waals surface area contributed by atoms with Crippen LogP contribution in [0.15, 0.2) is 30.3 Å². The van der Waals surface area contributed by atoms with Crippen molar-refractivity contribution < 1.29 is 4.79 Å². The number of hydrogen-bond acceptors (Lipinski definition) is 1. The Kier molecular flexibility index (Phi) is 4.62. The van der Waals surface area contributed by atoms with Gasteiger partial charge in [-0.3, -0.25) is 4.79 Å². The summed E-state index contributed by atoms with van der Waals surface area (Å²) in [6.07, 6.45) is 5.53. The first-order valence-electron chi connectivity index (χ1n) is 7.55. The maximum atomic E-state index is 12.1. The van der Waals surface area contributed by atoms with E-state index in [2.05, 4.69) is 49.5 Å². The van der Waals surface area contributed by atoms with E-state index in [9.17, 15) is 4.79 Å².